The quantitative estimate of drug-likeness (QED) is 0.732. The second-order valence-corrected chi connectivity index (χ2v) is 7.53. The molecule has 4 rings (SSSR count). The lowest BCUT2D eigenvalue weighted by Crippen LogP contribution is -2.27. The second-order valence-electron chi connectivity index (χ2n) is 5.56. The zero-order chi connectivity index (χ0) is 15.3. The third-order valence-corrected chi connectivity index (χ3v) is 6.04. The van der Waals surface area contributed by atoms with E-state index in [-0.39, 0.29) is 0 Å². The molecule has 0 spiro atoms. The lowest BCUT2D eigenvalue weighted by atomic mass is 9.96. The van der Waals surface area contributed by atoms with Crippen LogP contribution in [0.15, 0.2) is 17.5 Å². The summed E-state index contributed by atoms with van der Waals surface area (Å²) in [5.41, 5.74) is 10.4. The molecule has 2 N–H and O–H groups in total. The number of carbonyl (C=O) groups is 1. The number of pyridine rings is 1. The fourth-order valence-corrected chi connectivity index (χ4v) is 4.80. The third kappa shape index (κ3) is 1.99. The van der Waals surface area contributed by atoms with E-state index in [0.29, 0.717) is 10.6 Å². The molecule has 0 saturated heterocycles. The van der Waals surface area contributed by atoms with Crippen molar-refractivity contribution in [3.05, 3.63) is 33.6 Å². The Bertz CT molecular complexity index is 868. The molecule has 0 saturated carbocycles. The van der Waals surface area contributed by atoms with Gasteiger partial charge >= 0.3 is 0 Å². The van der Waals surface area contributed by atoms with Gasteiger partial charge in [0, 0.05) is 41.0 Å². The van der Waals surface area contributed by atoms with Crippen molar-refractivity contribution in [2.75, 3.05) is 19.3 Å². The lowest BCUT2D eigenvalue weighted by Gasteiger charge is -2.26. The highest BCUT2D eigenvalue weighted by molar-refractivity contribution is 7.21. The highest BCUT2D eigenvalue weighted by Crippen LogP contribution is 2.43. The number of thiophene rings is 2. The SMILES string of the molecule is CN1CCc2nc3sc(C=O)c(N)c3c(-c3cccs3)c2C1. The number of hydrogen-bond donors (Lipinski definition) is 1. The largest absolute Gasteiger partial charge is 0.397 e. The van der Waals surface area contributed by atoms with Crippen LogP contribution in [0.3, 0.4) is 0 Å². The summed E-state index contributed by atoms with van der Waals surface area (Å²) < 4.78 is 0. The van der Waals surface area contributed by atoms with E-state index in [9.17, 15) is 4.79 Å². The normalized spacial score (nSPS) is 15.1. The average molecular weight is 329 g/mol. The van der Waals surface area contributed by atoms with Crippen molar-refractivity contribution in [2.45, 2.75) is 13.0 Å². The maximum Gasteiger partial charge on any atom is 0.162 e. The first kappa shape index (κ1) is 13.9. The van der Waals surface area contributed by atoms with Gasteiger partial charge in [-0.2, -0.15) is 0 Å². The van der Waals surface area contributed by atoms with Gasteiger partial charge in [0.1, 0.15) is 4.83 Å². The zero-order valence-electron chi connectivity index (χ0n) is 12.1. The van der Waals surface area contributed by atoms with Gasteiger partial charge < -0.3 is 10.6 Å². The van der Waals surface area contributed by atoms with Gasteiger partial charge in [-0.05, 0) is 24.1 Å². The molecule has 1 aliphatic heterocycles. The molecule has 0 unspecified atom stereocenters. The standard InChI is InChI=1S/C16H15N3OS2/c1-19-5-4-10-9(7-19)13(11-3-2-6-21-11)14-15(17)12(8-20)22-16(14)18-10/h2-3,6,8H,4-5,7,17H2,1H3. The Hall–Kier alpha value is -1.76. The van der Waals surface area contributed by atoms with Gasteiger partial charge in [-0.15, -0.1) is 22.7 Å². The maximum atomic E-state index is 11.3. The predicted octanol–water partition coefficient (Wildman–Crippen LogP) is 3.41. The summed E-state index contributed by atoms with van der Waals surface area (Å²) in [5.74, 6) is 0. The molecule has 0 aromatic carbocycles. The number of aromatic nitrogens is 1. The first-order valence-electron chi connectivity index (χ1n) is 7.10. The van der Waals surface area contributed by atoms with Crippen LogP contribution in [-0.4, -0.2) is 29.8 Å². The summed E-state index contributed by atoms with van der Waals surface area (Å²) in [6.45, 7) is 1.88. The van der Waals surface area contributed by atoms with Crippen molar-refractivity contribution < 1.29 is 4.79 Å². The molecule has 6 heteroatoms. The second kappa shape index (κ2) is 5.15. The van der Waals surface area contributed by atoms with E-state index >= 15 is 0 Å². The number of nitrogen functional groups attached to an aromatic ring is 1. The van der Waals surface area contributed by atoms with Crippen LogP contribution in [-0.2, 0) is 13.0 Å². The molecule has 4 heterocycles. The van der Waals surface area contributed by atoms with E-state index in [4.69, 9.17) is 10.7 Å². The highest BCUT2D eigenvalue weighted by atomic mass is 32.1. The van der Waals surface area contributed by atoms with Crippen molar-refractivity contribution in [1.29, 1.82) is 0 Å². The summed E-state index contributed by atoms with van der Waals surface area (Å²) in [6.07, 6.45) is 1.78. The first-order valence-corrected chi connectivity index (χ1v) is 8.80. The molecule has 112 valence electrons. The third-order valence-electron chi connectivity index (χ3n) is 4.12. The average Bonchev–Trinajstić information content (AvgIpc) is 3.14. The van der Waals surface area contributed by atoms with E-state index in [2.05, 4.69) is 23.4 Å². The molecule has 0 radical (unpaired) electrons. The molecule has 3 aromatic rings. The Morgan fingerprint density at radius 2 is 2.32 bits per heavy atom. The molecule has 3 aromatic heterocycles. The van der Waals surface area contributed by atoms with Gasteiger partial charge in [0.15, 0.2) is 6.29 Å². The Morgan fingerprint density at radius 1 is 1.45 bits per heavy atom. The van der Waals surface area contributed by atoms with Gasteiger partial charge in [0.2, 0.25) is 0 Å². The van der Waals surface area contributed by atoms with Crippen molar-refractivity contribution in [1.82, 2.24) is 9.88 Å². The number of carbonyl (C=O) groups excluding carboxylic acids is 1. The number of fused-ring (bicyclic) bond motifs is 2. The minimum atomic E-state index is 0.571. The molecule has 1 aliphatic rings. The molecule has 0 amide bonds. The number of aldehydes is 1. The number of anilines is 1. The van der Waals surface area contributed by atoms with Gasteiger partial charge in [-0.25, -0.2) is 4.98 Å². The molecular weight excluding hydrogens is 314 g/mol. The summed E-state index contributed by atoms with van der Waals surface area (Å²) in [5, 5.41) is 3.02. The number of nitrogens with zero attached hydrogens (tertiary/aromatic N) is 2. The molecule has 0 bridgehead atoms. The van der Waals surface area contributed by atoms with E-state index < -0.39 is 0 Å². The Balaban J connectivity index is 2.13. The van der Waals surface area contributed by atoms with Gasteiger partial charge in [-0.3, -0.25) is 4.79 Å². The Labute approximate surface area is 136 Å². The van der Waals surface area contributed by atoms with Crippen LogP contribution in [0.25, 0.3) is 20.7 Å². The fraction of sp³-hybridized carbons (Fsp3) is 0.250. The maximum absolute atomic E-state index is 11.3. The summed E-state index contributed by atoms with van der Waals surface area (Å²) in [7, 11) is 2.12. The number of rotatable bonds is 2. The van der Waals surface area contributed by atoms with Crippen LogP contribution in [0.2, 0.25) is 0 Å². The van der Waals surface area contributed by atoms with Crippen molar-refractivity contribution in [3.8, 4) is 10.4 Å². The summed E-state index contributed by atoms with van der Waals surface area (Å²) >= 11 is 3.10. The van der Waals surface area contributed by atoms with Gasteiger partial charge in [0.05, 0.1) is 10.6 Å². The van der Waals surface area contributed by atoms with E-state index in [1.165, 1.54) is 27.3 Å². The van der Waals surface area contributed by atoms with Gasteiger partial charge in [-0.1, -0.05) is 6.07 Å². The van der Waals surface area contributed by atoms with E-state index in [1.54, 1.807) is 11.3 Å². The van der Waals surface area contributed by atoms with Crippen LogP contribution >= 0.6 is 22.7 Å². The highest BCUT2D eigenvalue weighted by Gasteiger charge is 2.25. The van der Waals surface area contributed by atoms with Gasteiger partial charge in [0.25, 0.3) is 0 Å². The molecule has 4 nitrogen and oxygen atoms in total. The number of hydrogen-bond acceptors (Lipinski definition) is 6. The van der Waals surface area contributed by atoms with Crippen LogP contribution in [0.4, 0.5) is 5.69 Å². The van der Waals surface area contributed by atoms with Crippen molar-refractivity contribution in [2.24, 2.45) is 0 Å². The topological polar surface area (TPSA) is 59.2 Å². The van der Waals surface area contributed by atoms with Crippen LogP contribution in [0.1, 0.15) is 20.9 Å². The van der Waals surface area contributed by atoms with Crippen LogP contribution in [0, 0.1) is 0 Å². The summed E-state index contributed by atoms with van der Waals surface area (Å²) in [6, 6.07) is 4.17. The smallest absolute Gasteiger partial charge is 0.162 e. The molecule has 22 heavy (non-hydrogen) atoms. The van der Waals surface area contributed by atoms with E-state index in [1.807, 2.05) is 6.07 Å². The fourth-order valence-electron chi connectivity index (χ4n) is 3.06. The van der Waals surface area contributed by atoms with Crippen LogP contribution in [0.5, 0.6) is 0 Å². The molecule has 0 aliphatic carbocycles. The molecular formula is C16H15N3OS2. The number of nitrogens with two attached hydrogens (primary N) is 1. The Morgan fingerprint density at radius 3 is 3.05 bits per heavy atom. The minimum absolute atomic E-state index is 0.571. The minimum Gasteiger partial charge on any atom is -0.397 e. The first-order chi connectivity index (χ1) is 10.7. The summed E-state index contributed by atoms with van der Waals surface area (Å²) in [4.78, 5) is 21.0. The van der Waals surface area contributed by atoms with Crippen molar-refractivity contribution >= 4 is 44.9 Å². The molecule has 0 fully saturated rings. The van der Waals surface area contributed by atoms with Crippen LogP contribution < -0.4 is 5.73 Å². The van der Waals surface area contributed by atoms with E-state index in [0.717, 1.165) is 41.7 Å². The van der Waals surface area contributed by atoms with Crippen molar-refractivity contribution in [3.63, 3.8) is 0 Å². The zero-order valence-corrected chi connectivity index (χ0v) is 13.8. The lowest BCUT2D eigenvalue weighted by molar-refractivity contribution is 0.112. The predicted molar refractivity (Wildman–Crippen MR) is 92.8 cm³/mol. The number of likely N-dealkylation sites (N-methyl/N-ethyl adjacent to an activating group) is 1. The monoisotopic (exact) mass is 329 g/mol. The molecule has 0 atom stereocenters. The Kier molecular flexibility index (Phi) is 3.25.